The zero-order valence-electron chi connectivity index (χ0n) is 13.5. The molecule has 23 heavy (non-hydrogen) atoms. The standard InChI is InChI=1S/C16H21N3O4/c1-4-23-15(21)8-12-9-17-16(22)13-7-11(10-19(12)13)14(20)5-6-18(2)3/h5-7,10,12H,4,8-9H2,1-3H3,(H,17,22)/b6-5+. The maximum atomic E-state index is 12.2. The summed E-state index contributed by atoms with van der Waals surface area (Å²) in [5, 5.41) is 2.73. The van der Waals surface area contributed by atoms with E-state index in [0.717, 1.165) is 0 Å². The molecule has 1 atom stereocenters. The van der Waals surface area contributed by atoms with Crippen LogP contribution in [0.2, 0.25) is 0 Å². The number of ketones is 1. The molecule has 1 amide bonds. The van der Waals surface area contributed by atoms with Crippen molar-refractivity contribution in [1.29, 1.82) is 0 Å². The van der Waals surface area contributed by atoms with Crippen LogP contribution in [0.3, 0.4) is 0 Å². The minimum absolute atomic E-state index is 0.150. The van der Waals surface area contributed by atoms with Gasteiger partial charge >= 0.3 is 5.97 Å². The first-order valence-corrected chi connectivity index (χ1v) is 7.47. The second-order valence-corrected chi connectivity index (χ2v) is 5.54. The summed E-state index contributed by atoms with van der Waals surface area (Å²) in [5.74, 6) is -0.766. The van der Waals surface area contributed by atoms with E-state index in [-0.39, 0.29) is 30.1 Å². The molecule has 0 fully saturated rings. The van der Waals surface area contributed by atoms with Gasteiger partial charge in [0.1, 0.15) is 5.69 Å². The third-order valence-electron chi connectivity index (χ3n) is 3.49. The number of ether oxygens (including phenoxy) is 1. The van der Waals surface area contributed by atoms with Gasteiger partial charge in [0.15, 0.2) is 5.78 Å². The summed E-state index contributed by atoms with van der Waals surface area (Å²) >= 11 is 0. The van der Waals surface area contributed by atoms with Crippen molar-refractivity contribution in [3.8, 4) is 0 Å². The van der Waals surface area contributed by atoms with Gasteiger partial charge in [-0.1, -0.05) is 0 Å². The van der Waals surface area contributed by atoms with E-state index in [0.29, 0.717) is 24.4 Å². The van der Waals surface area contributed by atoms with Crippen molar-refractivity contribution in [1.82, 2.24) is 14.8 Å². The fourth-order valence-corrected chi connectivity index (χ4v) is 2.39. The molecule has 0 saturated heterocycles. The van der Waals surface area contributed by atoms with E-state index in [4.69, 9.17) is 4.74 Å². The Morgan fingerprint density at radius 2 is 2.22 bits per heavy atom. The number of aromatic nitrogens is 1. The van der Waals surface area contributed by atoms with Crippen LogP contribution in [-0.4, -0.2) is 54.4 Å². The van der Waals surface area contributed by atoms with Gasteiger partial charge in [-0.05, 0) is 13.0 Å². The molecule has 0 bridgehead atoms. The maximum Gasteiger partial charge on any atom is 0.307 e. The van der Waals surface area contributed by atoms with Gasteiger partial charge < -0.3 is 19.5 Å². The number of carbonyl (C=O) groups is 3. The van der Waals surface area contributed by atoms with Gasteiger partial charge in [0, 0.05) is 44.7 Å². The van der Waals surface area contributed by atoms with Crippen LogP contribution < -0.4 is 5.32 Å². The van der Waals surface area contributed by atoms with Crippen molar-refractivity contribution in [3.05, 3.63) is 35.8 Å². The summed E-state index contributed by atoms with van der Waals surface area (Å²) in [5.41, 5.74) is 0.802. The van der Waals surface area contributed by atoms with E-state index < -0.39 is 0 Å². The van der Waals surface area contributed by atoms with Crippen LogP contribution in [0.4, 0.5) is 0 Å². The average Bonchev–Trinajstić information content (AvgIpc) is 2.94. The zero-order chi connectivity index (χ0) is 17.0. The predicted molar refractivity (Wildman–Crippen MR) is 84.2 cm³/mol. The number of hydrogen-bond acceptors (Lipinski definition) is 5. The van der Waals surface area contributed by atoms with Crippen LogP contribution >= 0.6 is 0 Å². The molecule has 0 radical (unpaired) electrons. The molecule has 0 spiro atoms. The van der Waals surface area contributed by atoms with E-state index in [1.807, 2.05) is 14.1 Å². The molecule has 2 heterocycles. The first-order chi connectivity index (χ1) is 10.9. The normalized spacial score (nSPS) is 16.8. The highest BCUT2D eigenvalue weighted by atomic mass is 16.5. The summed E-state index contributed by atoms with van der Waals surface area (Å²) in [6, 6.07) is 1.30. The second kappa shape index (κ2) is 7.13. The van der Waals surface area contributed by atoms with E-state index in [9.17, 15) is 14.4 Å². The van der Waals surface area contributed by atoms with Crippen LogP contribution in [-0.2, 0) is 9.53 Å². The van der Waals surface area contributed by atoms with Gasteiger partial charge in [0.2, 0.25) is 0 Å². The van der Waals surface area contributed by atoms with Crippen LogP contribution in [0.1, 0.15) is 40.2 Å². The second-order valence-electron chi connectivity index (χ2n) is 5.54. The zero-order valence-corrected chi connectivity index (χ0v) is 13.5. The fraction of sp³-hybridized carbons (Fsp3) is 0.438. The number of allylic oxidation sites excluding steroid dienone is 1. The Labute approximate surface area is 134 Å². The minimum atomic E-state index is -0.325. The highest BCUT2D eigenvalue weighted by molar-refractivity contribution is 6.06. The Kier molecular flexibility index (Phi) is 5.20. The molecule has 0 saturated carbocycles. The van der Waals surface area contributed by atoms with Crippen LogP contribution in [0.5, 0.6) is 0 Å². The van der Waals surface area contributed by atoms with E-state index >= 15 is 0 Å². The predicted octanol–water partition coefficient (Wildman–Crippen LogP) is 0.984. The molecule has 1 N–H and O–H groups in total. The molecule has 1 unspecified atom stereocenters. The number of nitrogens with one attached hydrogen (secondary N) is 1. The number of amides is 1. The Morgan fingerprint density at radius 3 is 2.87 bits per heavy atom. The Morgan fingerprint density at radius 1 is 1.48 bits per heavy atom. The number of esters is 1. The lowest BCUT2D eigenvalue weighted by molar-refractivity contribution is -0.144. The third kappa shape index (κ3) is 4.00. The van der Waals surface area contributed by atoms with Crippen molar-refractivity contribution >= 4 is 17.7 Å². The lowest BCUT2D eigenvalue weighted by Gasteiger charge is -2.25. The quantitative estimate of drug-likeness (QED) is 0.480. The summed E-state index contributed by atoms with van der Waals surface area (Å²) in [6.45, 7) is 2.39. The van der Waals surface area contributed by atoms with Gasteiger partial charge in [-0.25, -0.2) is 0 Å². The van der Waals surface area contributed by atoms with Crippen LogP contribution in [0.25, 0.3) is 0 Å². The minimum Gasteiger partial charge on any atom is -0.466 e. The summed E-state index contributed by atoms with van der Waals surface area (Å²) in [7, 11) is 3.63. The third-order valence-corrected chi connectivity index (χ3v) is 3.49. The van der Waals surface area contributed by atoms with Crippen LogP contribution in [0.15, 0.2) is 24.5 Å². The monoisotopic (exact) mass is 319 g/mol. The lowest BCUT2D eigenvalue weighted by Crippen LogP contribution is -2.39. The topological polar surface area (TPSA) is 80.6 Å². The smallest absolute Gasteiger partial charge is 0.307 e. The van der Waals surface area contributed by atoms with E-state index in [1.165, 1.54) is 6.08 Å². The molecule has 0 aliphatic carbocycles. The molecule has 1 aliphatic rings. The van der Waals surface area contributed by atoms with Crippen LogP contribution in [0, 0.1) is 0 Å². The first-order valence-electron chi connectivity index (χ1n) is 7.47. The average molecular weight is 319 g/mol. The molecule has 7 heteroatoms. The van der Waals surface area contributed by atoms with Crippen molar-refractivity contribution in [2.45, 2.75) is 19.4 Å². The number of hydrogen-bond donors (Lipinski definition) is 1. The largest absolute Gasteiger partial charge is 0.466 e. The fourth-order valence-electron chi connectivity index (χ4n) is 2.39. The molecule has 7 nitrogen and oxygen atoms in total. The summed E-state index contributed by atoms with van der Waals surface area (Å²) in [6.07, 6.45) is 4.87. The van der Waals surface area contributed by atoms with E-state index in [1.54, 1.807) is 34.9 Å². The van der Waals surface area contributed by atoms with Gasteiger partial charge in [-0.3, -0.25) is 14.4 Å². The number of carbonyl (C=O) groups excluding carboxylic acids is 3. The molecule has 0 aromatic carbocycles. The molecule has 1 aromatic rings. The first kappa shape index (κ1) is 16.8. The Bertz CT molecular complexity index is 646. The number of fused-ring (bicyclic) bond motifs is 1. The highest BCUT2D eigenvalue weighted by Crippen LogP contribution is 2.22. The van der Waals surface area contributed by atoms with Gasteiger partial charge in [0.05, 0.1) is 19.1 Å². The highest BCUT2D eigenvalue weighted by Gasteiger charge is 2.28. The van der Waals surface area contributed by atoms with E-state index in [2.05, 4.69) is 5.32 Å². The van der Waals surface area contributed by atoms with Crippen molar-refractivity contribution in [2.24, 2.45) is 0 Å². The summed E-state index contributed by atoms with van der Waals surface area (Å²) in [4.78, 5) is 37.6. The molecule has 1 aromatic heterocycles. The lowest BCUT2D eigenvalue weighted by atomic mass is 10.1. The molecule has 2 rings (SSSR count). The van der Waals surface area contributed by atoms with Crippen molar-refractivity contribution in [3.63, 3.8) is 0 Å². The molecular weight excluding hydrogens is 298 g/mol. The summed E-state index contributed by atoms with van der Waals surface area (Å²) < 4.78 is 6.64. The van der Waals surface area contributed by atoms with Gasteiger partial charge in [0.25, 0.3) is 5.91 Å². The molecule has 1 aliphatic heterocycles. The maximum absolute atomic E-state index is 12.2. The Balaban J connectivity index is 2.23. The Hall–Kier alpha value is -2.57. The SMILES string of the molecule is CCOC(=O)CC1CNC(=O)c2cc(C(=O)/C=C/N(C)C)cn21. The van der Waals surface area contributed by atoms with Gasteiger partial charge in [-0.2, -0.15) is 0 Å². The molecule has 124 valence electrons. The van der Waals surface area contributed by atoms with Crippen molar-refractivity contribution in [2.75, 3.05) is 27.2 Å². The number of rotatable bonds is 6. The number of nitrogens with zero attached hydrogens (tertiary/aromatic N) is 2. The van der Waals surface area contributed by atoms with Crippen molar-refractivity contribution < 1.29 is 19.1 Å². The van der Waals surface area contributed by atoms with Gasteiger partial charge in [-0.15, -0.1) is 0 Å². The molecular formula is C16H21N3O4.